The maximum atomic E-state index is 12.8. The van der Waals surface area contributed by atoms with Crippen LogP contribution in [0, 0.1) is 5.92 Å². The fourth-order valence-corrected chi connectivity index (χ4v) is 4.53. The van der Waals surface area contributed by atoms with E-state index in [-0.39, 0.29) is 24.1 Å². The van der Waals surface area contributed by atoms with E-state index in [0.717, 1.165) is 36.2 Å². The molecule has 0 saturated carbocycles. The zero-order valence-electron chi connectivity index (χ0n) is 17.0. The monoisotopic (exact) mass is 413 g/mol. The third kappa shape index (κ3) is 4.31. The molecule has 1 aliphatic carbocycles. The minimum atomic E-state index is -0.705. The first kappa shape index (κ1) is 21.7. The van der Waals surface area contributed by atoms with Gasteiger partial charge in [-0.25, -0.2) is 0 Å². The van der Waals surface area contributed by atoms with E-state index in [1.165, 1.54) is 5.56 Å². The topological polar surface area (TPSA) is 38.8 Å². The first-order valence-electron chi connectivity index (χ1n) is 9.86. The van der Waals surface area contributed by atoms with Crippen molar-refractivity contribution in [2.45, 2.75) is 25.2 Å². The number of nitrogens with zero attached hydrogens (tertiary/aromatic N) is 1. The Kier molecular flexibility index (Phi) is 6.91. The van der Waals surface area contributed by atoms with Gasteiger partial charge in [0.25, 0.3) is 0 Å². The average molecular weight is 414 g/mol. The van der Waals surface area contributed by atoms with Gasteiger partial charge in [0.05, 0.1) is 6.54 Å². The van der Waals surface area contributed by atoms with E-state index in [1.54, 1.807) is 14.2 Å². The minimum absolute atomic E-state index is 0. The van der Waals surface area contributed by atoms with Crippen molar-refractivity contribution in [3.05, 3.63) is 76.9 Å². The van der Waals surface area contributed by atoms with Crippen molar-refractivity contribution in [2.24, 2.45) is 5.92 Å². The Bertz CT molecular complexity index is 877. The highest BCUT2D eigenvalue weighted by Crippen LogP contribution is 2.39. The zero-order valence-corrected chi connectivity index (χ0v) is 17.8. The number of hydrogen-bond acceptors (Lipinski definition) is 4. The zero-order chi connectivity index (χ0) is 19.6. The van der Waals surface area contributed by atoms with Crippen molar-refractivity contribution in [2.75, 3.05) is 27.3 Å². The second-order valence-electron chi connectivity index (χ2n) is 7.69. The van der Waals surface area contributed by atoms with E-state index in [0.29, 0.717) is 13.0 Å². The van der Waals surface area contributed by atoms with Gasteiger partial charge in [0.1, 0.15) is 0 Å². The molecule has 2 aliphatic rings. The summed E-state index contributed by atoms with van der Waals surface area (Å²) in [6.45, 7) is 2.52. The number of carbonyl (C=O) groups excluding carboxylic acids is 1. The van der Waals surface area contributed by atoms with Crippen LogP contribution in [0.25, 0.3) is 6.08 Å². The Morgan fingerprint density at radius 2 is 1.72 bits per heavy atom. The molecule has 29 heavy (non-hydrogen) atoms. The Hall–Kier alpha value is -1.98. The van der Waals surface area contributed by atoms with Crippen molar-refractivity contribution >= 4 is 24.3 Å². The number of ether oxygens (including phenoxy) is 2. The Balaban J connectivity index is 0.00000240. The smallest absolute Gasteiger partial charge is 0.189 e. The van der Waals surface area contributed by atoms with Gasteiger partial charge in [-0.3, -0.25) is 9.69 Å². The highest BCUT2D eigenvalue weighted by atomic mass is 35.5. The first-order valence-corrected chi connectivity index (χ1v) is 9.86. The largest absolute Gasteiger partial charge is 0.352 e. The number of piperidine rings is 1. The molecule has 0 amide bonds. The summed E-state index contributed by atoms with van der Waals surface area (Å²) in [6.07, 6.45) is 3.63. The number of fused-ring (bicyclic) bond motifs is 1. The fourth-order valence-electron chi connectivity index (χ4n) is 4.53. The van der Waals surface area contributed by atoms with Crippen LogP contribution in [0.15, 0.2) is 60.2 Å². The lowest BCUT2D eigenvalue weighted by molar-refractivity contribution is -0.263. The summed E-state index contributed by atoms with van der Waals surface area (Å²) in [6, 6.07) is 18.3. The van der Waals surface area contributed by atoms with Crippen LogP contribution in [-0.4, -0.2) is 43.8 Å². The van der Waals surface area contributed by atoms with Gasteiger partial charge >= 0.3 is 0 Å². The summed E-state index contributed by atoms with van der Waals surface area (Å²) in [4.78, 5) is 15.2. The number of methoxy groups -OCH3 is 2. The predicted octanol–water partition coefficient (Wildman–Crippen LogP) is 4.59. The third-order valence-electron chi connectivity index (χ3n) is 6.09. The molecule has 1 saturated heterocycles. The van der Waals surface area contributed by atoms with Gasteiger partial charge in [-0.15, -0.1) is 12.4 Å². The van der Waals surface area contributed by atoms with E-state index >= 15 is 0 Å². The van der Waals surface area contributed by atoms with Crippen LogP contribution >= 0.6 is 12.4 Å². The number of hydrogen-bond donors (Lipinski definition) is 0. The van der Waals surface area contributed by atoms with Gasteiger partial charge in [0, 0.05) is 37.8 Å². The molecule has 4 rings (SSSR count). The first-order chi connectivity index (χ1) is 13.6. The molecule has 0 aromatic heterocycles. The molecule has 0 spiro atoms. The maximum absolute atomic E-state index is 12.8. The lowest BCUT2D eigenvalue weighted by atomic mass is 9.83. The van der Waals surface area contributed by atoms with E-state index < -0.39 is 5.79 Å². The molecule has 1 aliphatic heterocycles. The van der Waals surface area contributed by atoms with Crippen molar-refractivity contribution in [1.29, 1.82) is 0 Å². The molecule has 1 atom stereocenters. The van der Waals surface area contributed by atoms with Gasteiger partial charge in [0.2, 0.25) is 0 Å². The second kappa shape index (κ2) is 9.23. The highest BCUT2D eigenvalue weighted by Gasteiger charge is 2.45. The van der Waals surface area contributed by atoms with Gasteiger partial charge in [-0.1, -0.05) is 54.6 Å². The molecule has 0 bridgehead atoms. The number of ketones is 1. The lowest BCUT2D eigenvalue weighted by Crippen LogP contribution is -2.56. The van der Waals surface area contributed by atoms with Crippen molar-refractivity contribution in [3.63, 3.8) is 0 Å². The number of carbonyl (C=O) groups is 1. The minimum Gasteiger partial charge on any atom is -0.352 e. The number of benzene rings is 2. The SMILES string of the molecule is COC1(OC)CN(Cc2ccccc2)CCC1CC1=Cc2ccccc2C1=O.Cl. The predicted molar refractivity (Wildman–Crippen MR) is 117 cm³/mol. The van der Waals surface area contributed by atoms with Crippen LogP contribution in [0.4, 0.5) is 0 Å². The van der Waals surface area contributed by atoms with Crippen LogP contribution in [0.1, 0.15) is 34.3 Å². The summed E-state index contributed by atoms with van der Waals surface area (Å²) in [5.41, 5.74) is 3.97. The summed E-state index contributed by atoms with van der Waals surface area (Å²) in [5, 5.41) is 0. The van der Waals surface area contributed by atoms with Crippen LogP contribution in [0.3, 0.4) is 0 Å². The van der Waals surface area contributed by atoms with E-state index in [2.05, 4.69) is 29.2 Å². The van der Waals surface area contributed by atoms with Crippen molar-refractivity contribution in [1.82, 2.24) is 4.90 Å². The van der Waals surface area contributed by atoms with Gasteiger partial charge < -0.3 is 9.47 Å². The summed E-state index contributed by atoms with van der Waals surface area (Å²) >= 11 is 0. The molecule has 4 nitrogen and oxygen atoms in total. The maximum Gasteiger partial charge on any atom is 0.189 e. The van der Waals surface area contributed by atoms with Crippen LogP contribution in [0.5, 0.6) is 0 Å². The molecule has 1 unspecified atom stereocenters. The van der Waals surface area contributed by atoms with E-state index in [1.807, 2.05) is 36.4 Å². The quantitative estimate of drug-likeness (QED) is 0.649. The molecule has 1 heterocycles. The summed E-state index contributed by atoms with van der Waals surface area (Å²) in [7, 11) is 3.42. The van der Waals surface area contributed by atoms with Gasteiger partial charge in [0.15, 0.2) is 11.6 Å². The second-order valence-corrected chi connectivity index (χ2v) is 7.69. The molecule has 2 aromatic rings. The normalized spacial score (nSPS) is 20.7. The molecular weight excluding hydrogens is 386 g/mol. The standard InChI is InChI=1S/C24H27NO3.ClH/c1-27-24(28-2)17-25(16-18-8-4-3-5-9-18)13-12-21(24)15-20-14-19-10-6-7-11-22(19)23(20)26;/h3-11,14,21H,12-13,15-17H2,1-2H3;1H. The number of Topliss-reactive ketones (excluding diaryl/α,β-unsaturated/α-hetero) is 1. The Morgan fingerprint density at radius 3 is 2.41 bits per heavy atom. The third-order valence-corrected chi connectivity index (χ3v) is 6.09. The van der Waals surface area contributed by atoms with Crippen LogP contribution in [-0.2, 0) is 16.0 Å². The molecule has 0 N–H and O–H groups in total. The van der Waals surface area contributed by atoms with Crippen LogP contribution < -0.4 is 0 Å². The van der Waals surface area contributed by atoms with Crippen molar-refractivity contribution in [3.8, 4) is 0 Å². The van der Waals surface area contributed by atoms with Crippen LogP contribution in [0.2, 0.25) is 0 Å². The number of allylic oxidation sites excluding steroid dienone is 1. The molecule has 0 radical (unpaired) electrons. The lowest BCUT2D eigenvalue weighted by Gasteiger charge is -2.46. The average Bonchev–Trinajstić information content (AvgIpc) is 3.05. The highest BCUT2D eigenvalue weighted by molar-refractivity contribution is 6.17. The number of likely N-dealkylation sites (tertiary alicyclic amines) is 1. The molecule has 154 valence electrons. The fraction of sp³-hybridized carbons (Fsp3) is 0.375. The van der Waals surface area contributed by atoms with Crippen molar-refractivity contribution < 1.29 is 14.3 Å². The summed E-state index contributed by atoms with van der Waals surface area (Å²) < 4.78 is 11.9. The Labute approximate surface area is 178 Å². The molecule has 1 fully saturated rings. The molecule has 2 aromatic carbocycles. The van der Waals surface area contributed by atoms with Gasteiger partial charge in [-0.05, 0) is 36.6 Å². The number of halogens is 1. The Morgan fingerprint density at radius 1 is 1.03 bits per heavy atom. The van der Waals surface area contributed by atoms with E-state index in [9.17, 15) is 4.79 Å². The molecular formula is C24H28ClNO3. The van der Waals surface area contributed by atoms with E-state index in [4.69, 9.17) is 9.47 Å². The van der Waals surface area contributed by atoms with Gasteiger partial charge in [-0.2, -0.15) is 0 Å². The molecule has 5 heteroatoms. The summed E-state index contributed by atoms with van der Waals surface area (Å²) in [5.74, 6) is -0.425. The number of rotatable bonds is 6.